The molecule has 3 nitrogen and oxygen atoms in total. The summed E-state index contributed by atoms with van der Waals surface area (Å²) in [6.45, 7) is 1.23. The highest BCUT2D eigenvalue weighted by atomic mass is 19.3. The van der Waals surface area contributed by atoms with Crippen molar-refractivity contribution in [2.24, 2.45) is 0 Å². The first-order valence-corrected chi connectivity index (χ1v) is 4.07. The summed E-state index contributed by atoms with van der Waals surface area (Å²) < 4.78 is 37.7. The summed E-state index contributed by atoms with van der Waals surface area (Å²) in [6.07, 6.45) is -2.85. The van der Waals surface area contributed by atoms with E-state index < -0.39 is 30.2 Å². The molecule has 6 heteroatoms. The van der Waals surface area contributed by atoms with E-state index in [-0.39, 0.29) is 11.3 Å². The molecule has 0 amide bonds. The molecule has 0 saturated heterocycles. The topological polar surface area (TPSA) is 50.2 Å². The normalized spacial score (nSPS) is 10.7. The average Bonchev–Trinajstić information content (AvgIpc) is 2.09. The number of pyridine rings is 1. The summed E-state index contributed by atoms with van der Waals surface area (Å²) in [5.41, 5.74) is -0.923. The van der Waals surface area contributed by atoms with Crippen molar-refractivity contribution in [3.8, 4) is 0 Å². The maximum atomic E-state index is 12.9. The van der Waals surface area contributed by atoms with Crippen LogP contribution in [0.4, 0.5) is 13.2 Å². The van der Waals surface area contributed by atoms with Crippen LogP contribution >= 0.6 is 0 Å². The summed E-state index contributed by atoms with van der Waals surface area (Å²) in [4.78, 5) is 13.8. The maximum Gasteiger partial charge on any atom is 0.309 e. The van der Waals surface area contributed by atoms with E-state index in [1.165, 1.54) is 6.92 Å². The van der Waals surface area contributed by atoms with Crippen LogP contribution in [0.25, 0.3) is 0 Å². The molecule has 0 aliphatic heterocycles. The zero-order chi connectivity index (χ0) is 11.6. The summed E-state index contributed by atoms with van der Waals surface area (Å²) in [7, 11) is 0. The lowest BCUT2D eigenvalue weighted by atomic mass is 10.1. The lowest BCUT2D eigenvalue weighted by Gasteiger charge is -2.09. The smallest absolute Gasteiger partial charge is 0.309 e. The number of carboxylic acids is 1. The molecular formula is C9H8F3NO2. The van der Waals surface area contributed by atoms with E-state index in [0.717, 1.165) is 0 Å². The van der Waals surface area contributed by atoms with E-state index in [2.05, 4.69) is 4.98 Å². The predicted molar refractivity (Wildman–Crippen MR) is 45.2 cm³/mol. The lowest BCUT2D eigenvalue weighted by molar-refractivity contribution is -0.136. The third-order valence-electron chi connectivity index (χ3n) is 1.96. The van der Waals surface area contributed by atoms with Crippen LogP contribution < -0.4 is 0 Å². The molecule has 0 aliphatic rings. The van der Waals surface area contributed by atoms with Gasteiger partial charge in [0.15, 0.2) is 5.82 Å². The first kappa shape index (κ1) is 11.5. The van der Waals surface area contributed by atoms with Crippen LogP contribution in [0.1, 0.15) is 23.2 Å². The van der Waals surface area contributed by atoms with Gasteiger partial charge in [0, 0.05) is 0 Å². The van der Waals surface area contributed by atoms with Crippen molar-refractivity contribution in [3.05, 3.63) is 28.8 Å². The highest BCUT2D eigenvalue weighted by Gasteiger charge is 2.20. The van der Waals surface area contributed by atoms with Crippen LogP contribution in [0.5, 0.6) is 0 Å². The minimum absolute atomic E-state index is 0.0424. The fourth-order valence-corrected chi connectivity index (χ4v) is 1.22. The first-order chi connectivity index (χ1) is 6.93. The molecule has 0 aromatic carbocycles. The lowest BCUT2D eigenvalue weighted by Crippen LogP contribution is -2.08. The van der Waals surface area contributed by atoms with Crippen LogP contribution in [0.15, 0.2) is 6.20 Å². The second-order valence-electron chi connectivity index (χ2n) is 2.96. The number of aromatic nitrogens is 1. The van der Waals surface area contributed by atoms with Crippen LogP contribution in [0.2, 0.25) is 0 Å². The zero-order valence-corrected chi connectivity index (χ0v) is 7.80. The Bertz CT molecular complexity index is 393. The number of alkyl halides is 2. The maximum absolute atomic E-state index is 12.9. The largest absolute Gasteiger partial charge is 0.481 e. The zero-order valence-electron chi connectivity index (χ0n) is 7.80. The van der Waals surface area contributed by atoms with E-state index in [1.807, 2.05) is 0 Å². The molecule has 82 valence electrons. The molecule has 1 heterocycles. The number of rotatable bonds is 3. The molecule has 15 heavy (non-hydrogen) atoms. The molecule has 1 aromatic heterocycles. The molecular weight excluding hydrogens is 211 g/mol. The molecule has 1 aromatic rings. The Hall–Kier alpha value is -1.59. The van der Waals surface area contributed by atoms with Crippen molar-refractivity contribution in [2.75, 3.05) is 0 Å². The summed E-state index contributed by atoms with van der Waals surface area (Å²) in [6, 6.07) is 0. The minimum atomic E-state index is -2.97. The van der Waals surface area contributed by atoms with Gasteiger partial charge in [-0.05, 0) is 12.5 Å². The van der Waals surface area contributed by atoms with Crippen molar-refractivity contribution in [1.29, 1.82) is 0 Å². The van der Waals surface area contributed by atoms with Crippen LogP contribution in [-0.4, -0.2) is 16.1 Å². The molecule has 0 radical (unpaired) electrons. The number of carboxylic acid groups (broad SMARTS) is 1. The average molecular weight is 219 g/mol. The minimum Gasteiger partial charge on any atom is -0.481 e. The van der Waals surface area contributed by atoms with Gasteiger partial charge in [-0.2, -0.15) is 0 Å². The van der Waals surface area contributed by atoms with E-state index in [4.69, 9.17) is 5.11 Å². The van der Waals surface area contributed by atoms with Gasteiger partial charge in [-0.1, -0.05) is 0 Å². The predicted octanol–water partition coefficient (Wildman–Crippen LogP) is 2.09. The van der Waals surface area contributed by atoms with Crippen LogP contribution in [0.3, 0.4) is 0 Å². The van der Waals surface area contributed by atoms with Crippen molar-refractivity contribution < 1.29 is 23.1 Å². The molecule has 1 N–H and O–H groups in total. The summed E-state index contributed by atoms with van der Waals surface area (Å²) in [5, 5.41) is 8.47. The quantitative estimate of drug-likeness (QED) is 0.846. The molecule has 0 fully saturated rings. The monoisotopic (exact) mass is 219 g/mol. The third-order valence-corrected chi connectivity index (χ3v) is 1.96. The SMILES string of the molecule is Cc1c(CC(=O)O)ncc(F)c1C(F)F. The Morgan fingerprint density at radius 1 is 1.60 bits per heavy atom. The van der Waals surface area contributed by atoms with Gasteiger partial charge in [0.05, 0.1) is 23.9 Å². The number of hydrogen-bond donors (Lipinski definition) is 1. The standard InChI is InChI=1S/C9H8F3NO2/c1-4-6(2-7(14)15)13-3-5(10)8(4)9(11)12/h3,9H,2H2,1H3,(H,14,15). The second-order valence-corrected chi connectivity index (χ2v) is 2.96. The first-order valence-electron chi connectivity index (χ1n) is 4.07. The fourth-order valence-electron chi connectivity index (χ4n) is 1.22. The van der Waals surface area contributed by atoms with E-state index in [1.54, 1.807) is 0 Å². The molecule has 1 rings (SSSR count). The van der Waals surface area contributed by atoms with Crippen LogP contribution in [0, 0.1) is 12.7 Å². The van der Waals surface area contributed by atoms with Crippen molar-refractivity contribution >= 4 is 5.97 Å². The summed E-state index contributed by atoms with van der Waals surface area (Å²) >= 11 is 0. The Kier molecular flexibility index (Phi) is 3.28. The number of nitrogens with zero attached hydrogens (tertiary/aromatic N) is 1. The number of halogens is 3. The van der Waals surface area contributed by atoms with E-state index in [0.29, 0.717) is 6.20 Å². The van der Waals surface area contributed by atoms with Crippen molar-refractivity contribution in [1.82, 2.24) is 4.98 Å². The van der Waals surface area contributed by atoms with Gasteiger partial charge in [-0.3, -0.25) is 9.78 Å². The highest BCUT2D eigenvalue weighted by Crippen LogP contribution is 2.26. The molecule has 0 saturated carbocycles. The van der Waals surface area contributed by atoms with Crippen molar-refractivity contribution in [2.45, 2.75) is 19.8 Å². The third kappa shape index (κ3) is 2.45. The Balaban J connectivity index is 3.22. The second kappa shape index (κ2) is 4.29. The van der Waals surface area contributed by atoms with Gasteiger partial charge in [0.25, 0.3) is 6.43 Å². The Morgan fingerprint density at radius 3 is 2.67 bits per heavy atom. The number of aliphatic carboxylic acids is 1. The van der Waals surface area contributed by atoms with Gasteiger partial charge >= 0.3 is 5.97 Å². The van der Waals surface area contributed by atoms with Gasteiger partial charge in [0.2, 0.25) is 0 Å². The van der Waals surface area contributed by atoms with E-state index in [9.17, 15) is 18.0 Å². The fraction of sp³-hybridized carbons (Fsp3) is 0.333. The highest BCUT2D eigenvalue weighted by molar-refractivity contribution is 5.70. The van der Waals surface area contributed by atoms with Crippen molar-refractivity contribution in [3.63, 3.8) is 0 Å². The van der Waals surface area contributed by atoms with Gasteiger partial charge in [0.1, 0.15) is 0 Å². The van der Waals surface area contributed by atoms with E-state index >= 15 is 0 Å². The summed E-state index contributed by atoms with van der Waals surface area (Å²) in [5.74, 6) is -2.31. The molecule has 0 atom stereocenters. The molecule has 0 unspecified atom stereocenters. The number of carbonyl (C=O) groups is 1. The molecule has 0 bridgehead atoms. The molecule has 0 aliphatic carbocycles. The Labute approximate surface area is 83.6 Å². The van der Waals surface area contributed by atoms with Gasteiger partial charge < -0.3 is 5.11 Å². The van der Waals surface area contributed by atoms with Gasteiger partial charge in [-0.15, -0.1) is 0 Å². The van der Waals surface area contributed by atoms with Crippen LogP contribution in [-0.2, 0) is 11.2 Å². The molecule has 0 spiro atoms. The van der Waals surface area contributed by atoms with Gasteiger partial charge in [-0.25, -0.2) is 13.2 Å². The number of hydrogen-bond acceptors (Lipinski definition) is 2. The Morgan fingerprint density at radius 2 is 2.20 bits per heavy atom.